The number of methoxy groups -OCH3 is 1. The highest BCUT2D eigenvalue weighted by molar-refractivity contribution is 5.92. The van der Waals surface area contributed by atoms with Crippen molar-refractivity contribution in [1.29, 1.82) is 0 Å². The second kappa shape index (κ2) is 9.07. The average molecular weight is 449 g/mol. The summed E-state index contributed by atoms with van der Waals surface area (Å²) < 4.78 is 25.9. The van der Waals surface area contributed by atoms with Gasteiger partial charge in [0.15, 0.2) is 0 Å². The van der Waals surface area contributed by atoms with Crippen molar-refractivity contribution < 1.29 is 18.7 Å². The van der Waals surface area contributed by atoms with Gasteiger partial charge in [0, 0.05) is 13.2 Å². The zero-order valence-electron chi connectivity index (χ0n) is 17.9. The first-order chi connectivity index (χ1) is 15.9. The predicted octanol–water partition coefficient (Wildman–Crippen LogP) is 2.65. The molecule has 0 saturated heterocycles. The first-order valence-corrected chi connectivity index (χ1v) is 10.0. The van der Waals surface area contributed by atoms with Crippen molar-refractivity contribution in [3.8, 4) is 5.75 Å². The van der Waals surface area contributed by atoms with Crippen LogP contribution in [0.1, 0.15) is 21.5 Å². The maximum Gasteiger partial charge on any atom is 0.340 e. The predicted molar refractivity (Wildman–Crippen MR) is 119 cm³/mol. The fraction of sp³-hybridized carbons (Fsp3) is 0.167. The van der Waals surface area contributed by atoms with Crippen molar-refractivity contribution in [2.24, 2.45) is 7.05 Å². The minimum absolute atomic E-state index is 0.0307. The van der Waals surface area contributed by atoms with E-state index in [0.29, 0.717) is 11.3 Å². The van der Waals surface area contributed by atoms with E-state index < -0.39 is 23.0 Å². The molecule has 168 valence electrons. The van der Waals surface area contributed by atoms with E-state index in [-0.39, 0.29) is 29.7 Å². The lowest BCUT2D eigenvalue weighted by atomic mass is 10.2. The normalized spacial score (nSPS) is 10.9. The topological polar surface area (TPSA) is 92.4 Å². The van der Waals surface area contributed by atoms with Gasteiger partial charge in [0.05, 0.1) is 24.6 Å². The van der Waals surface area contributed by atoms with Gasteiger partial charge in [-0.05, 0) is 41.5 Å². The number of hydrogen-bond acceptors (Lipinski definition) is 6. The van der Waals surface area contributed by atoms with Crippen molar-refractivity contribution in [1.82, 2.24) is 14.1 Å². The molecule has 33 heavy (non-hydrogen) atoms. The number of carbonyl (C=O) groups is 1. The Balaban J connectivity index is 1.64. The summed E-state index contributed by atoms with van der Waals surface area (Å²) in [6.07, 6.45) is 1.27. The number of nitrogens with zero attached hydrogens (tertiary/aromatic N) is 3. The van der Waals surface area contributed by atoms with Crippen LogP contribution in [0.5, 0.6) is 5.75 Å². The Bertz CT molecular complexity index is 1440. The lowest BCUT2D eigenvalue weighted by molar-refractivity contribution is 0.0472. The molecule has 0 aliphatic rings. The smallest absolute Gasteiger partial charge is 0.340 e. The number of pyridine rings is 1. The van der Waals surface area contributed by atoms with Gasteiger partial charge in [0.2, 0.25) is 0 Å². The van der Waals surface area contributed by atoms with Gasteiger partial charge >= 0.3 is 11.7 Å². The van der Waals surface area contributed by atoms with E-state index >= 15 is 0 Å². The number of rotatable bonds is 6. The summed E-state index contributed by atoms with van der Waals surface area (Å²) in [6, 6.07) is 13.9. The number of aryl methyl sites for hydroxylation is 1. The molecule has 0 aliphatic carbocycles. The van der Waals surface area contributed by atoms with Crippen molar-refractivity contribution >= 4 is 17.0 Å². The second-order valence-electron chi connectivity index (χ2n) is 7.38. The van der Waals surface area contributed by atoms with Crippen molar-refractivity contribution in [2.75, 3.05) is 7.11 Å². The molecule has 0 fully saturated rings. The first-order valence-electron chi connectivity index (χ1n) is 10.0. The summed E-state index contributed by atoms with van der Waals surface area (Å²) in [5.41, 5.74) is 0.404. The van der Waals surface area contributed by atoms with E-state index in [1.807, 2.05) is 0 Å². The zero-order valence-corrected chi connectivity index (χ0v) is 17.9. The molecule has 2 heterocycles. The van der Waals surface area contributed by atoms with E-state index in [9.17, 15) is 18.8 Å². The first kappa shape index (κ1) is 21.9. The lowest BCUT2D eigenvalue weighted by Crippen LogP contribution is -2.39. The molecule has 0 amide bonds. The maximum absolute atomic E-state index is 13.2. The highest BCUT2D eigenvalue weighted by Crippen LogP contribution is 2.14. The Morgan fingerprint density at radius 3 is 2.36 bits per heavy atom. The van der Waals surface area contributed by atoms with E-state index in [0.717, 1.165) is 10.1 Å². The van der Waals surface area contributed by atoms with Gasteiger partial charge in [-0.25, -0.2) is 19.0 Å². The third-order valence-corrected chi connectivity index (χ3v) is 5.20. The Kier molecular flexibility index (Phi) is 6.03. The van der Waals surface area contributed by atoms with Gasteiger partial charge in [-0.1, -0.05) is 24.3 Å². The molecule has 0 saturated carbocycles. The van der Waals surface area contributed by atoms with E-state index in [4.69, 9.17) is 9.47 Å². The number of halogens is 1. The maximum atomic E-state index is 13.2. The molecule has 8 nitrogen and oxygen atoms in total. The molecule has 0 aliphatic heterocycles. The molecule has 4 rings (SSSR count). The number of carbonyl (C=O) groups excluding carboxylic acids is 1. The molecule has 0 bridgehead atoms. The third-order valence-electron chi connectivity index (χ3n) is 5.20. The summed E-state index contributed by atoms with van der Waals surface area (Å²) in [5.74, 6) is -0.385. The van der Waals surface area contributed by atoms with Crippen molar-refractivity contribution in [2.45, 2.75) is 13.2 Å². The number of hydrogen-bond donors (Lipinski definition) is 0. The van der Waals surface area contributed by atoms with Crippen LogP contribution in [0.15, 0.2) is 70.4 Å². The summed E-state index contributed by atoms with van der Waals surface area (Å²) >= 11 is 0. The van der Waals surface area contributed by atoms with Gasteiger partial charge in [0.1, 0.15) is 23.8 Å². The molecule has 0 N–H and O–H groups in total. The molecule has 0 unspecified atom stereocenters. The molecule has 0 radical (unpaired) electrons. The standard InChI is InChI=1S/C24H20FN3O5/c1-27-21-20(22(29)28(24(27)31)13-15-3-7-18(25)8-4-15)11-17(12-26-21)23(30)33-14-16-5-9-19(32-2)10-6-16/h3-12H,13-14H2,1-2H3. The van der Waals surface area contributed by atoms with Crippen LogP contribution in [-0.4, -0.2) is 27.2 Å². The number of benzene rings is 2. The van der Waals surface area contributed by atoms with E-state index in [1.54, 1.807) is 31.4 Å². The summed E-state index contributed by atoms with van der Waals surface area (Å²) in [5, 5.41) is 0.0955. The molecule has 0 spiro atoms. The third kappa shape index (κ3) is 4.52. The minimum Gasteiger partial charge on any atom is -0.497 e. The summed E-state index contributed by atoms with van der Waals surface area (Å²) in [7, 11) is 3.05. The monoisotopic (exact) mass is 449 g/mol. The quantitative estimate of drug-likeness (QED) is 0.420. The Labute approximate surface area is 187 Å². The number of esters is 1. The van der Waals surface area contributed by atoms with E-state index in [2.05, 4.69) is 4.98 Å². The van der Waals surface area contributed by atoms with Crippen molar-refractivity contribution in [3.05, 3.63) is 104 Å². The number of aromatic nitrogens is 3. The van der Waals surface area contributed by atoms with Gasteiger partial charge in [-0.15, -0.1) is 0 Å². The largest absolute Gasteiger partial charge is 0.497 e. The average Bonchev–Trinajstić information content (AvgIpc) is 2.85. The molecular weight excluding hydrogens is 429 g/mol. The summed E-state index contributed by atoms with van der Waals surface area (Å²) in [4.78, 5) is 42.5. The molecule has 9 heteroatoms. The van der Waals surface area contributed by atoms with Crippen LogP contribution in [0.2, 0.25) is 0 Å². The molecule has 4 aromatic rings. The Hall–Kier alpha value is -4.27. The van der Waals surface area contributed by atoms with Crippen LogP contribution in [0, 0.1) is 5.82 Å². The highest BCUT2D eigenvalue weighted by atomic mass is 19.1. The van der Waals surface area contributed by atoms with Crippen LogP contribution in [0.3, 0.4) is 0 Å². The van der Waals surface area contributed by atoms with Gasteiger partial charge in [-0.3, -0.25) is 13.9 Å². The van der Waals surface area contributed by atoms with Crippen LogP contribution >= 0.6 is 0 Å². The van der Waals surface area contributed by atoms with Crippen LogP contribution < -0.4 is 16.0 Å². The Morgan fingerprint density at radius 2 is 1.70 bits per heavy atom. The zero-order chi connectivity index (χ0) is 23.5. The van der Waals surface area contributed by atoms with Crippen LogP contribution in [0.25, 0.3) is 11.0 Å². The second-order valence-corrected chi connectivity index (χ2v) is 7.38. The fourth-order valence-electron chi connectivity index (χ4n) is 3.36. The van der Waals surface area contributed by atoms with Crippen molar-refractivity contribution in [3.63, 3.8) is 0 Å². The van der Waals surface area contributed by atoms with Crippen LogP contribution in [0.4, 0.5) is 4.39 Å². The molecule has 2 aromatic carbocycles. The minimum atomic E-state index is -0.654. The summed E-state index contributed by atoms with van der Waals surface area (Å²) in [6.45, 7) is -0.0171. The SMILES string of the molecule is COc1ccc(COC(=O)c2cnc3c(c2)c(=O)n(Cc2ccc(F)cc2)c(=O)n3C)cc1. The highest BCUT2D eigenvalue weighted by Gasteiger charge is 2.16. The fourth-order valence-corrected chi connectivity index (χ4v) is 3.36. The molecule has 2 aromatic heterocycles. The number of ether oxygens (including phenoxy) is 2. The Morgan fingerprint density at radius 1 is 1.03 bits per heavy atom. The van der Waals surface area contributed by atoms with Gasteiger partial charge < -0.3 is 9.47 Å². The number of fused-ring (bicyclic) bond motifs is 1. The van der Waals surface area contributed by atoms with Crippen LogP contribution in [-0.2, 0) is 24.9 Å². The molecular formula is C24H20FN3O5. The van der Waals surface area contributed by atoms with Gasteiger partial charge in [0.25, 0.3) is 5.56 Å². The lowest BCUT2D eigenvalue weighted by Gasteiger charge is -2.11. The van der Waals surface area contributed by atoms with E-state index in [1.165, 1.54) is 48.1 Å². The molecule has 0 atom stereocenters. The van der Waals surface area contributed by atoms with Gasteiger partial charge in [-0.2, -0.15) is 0 Å².